The van der Waals surface area contributed by atoms with Crippen LogP contribution in [0.25, 0.3) is 0 Å². The molecule has 7 nitrogen and oxygen atoms in total. The highest BCUT2D eigenvalue weighted by molar-refractivity contribution is 8.15. The van der Waals surface area contributed by atoms with Crippen molar-refractivity contribution in [3.8, 4) is 5.75 Å². The van der Waals surface area contributed by atoms with Crippen molar-refractivity contribution >= 4 is 40.1 Å². The number of carbonyl (C=O) groups excluding carboxylic acids is 2. The molecule has 2 aliphatic heterocycles. The highest BCUT2D eigenvalue weighted by Gasteiger charge is 2.39. The molecule has 0 bridgehead atoms. The normalized spacial score (nSPS) is 19.0. The summed E-state index contributed by atoms with van der Waals surface area (Å²) in [6.07, 6.45) is 0.710. The fourth-order valence-corrected chi connectivity index (χ4v) is 5.57. The maximum absolute atomic E-state index is 12.8. The van der Waals surface area contributed by atoms with Gasteiger partial charge < -0.3 is 10.1 Å². The Morgan fingerprint density at radius 3 is 2.54 bits per heavy atom. The molecule has 0 aliphatic carbocycles. The minimum atomic E-state index is -0.590. The van der Waals surface area contributed by atoms with Crippen molar-refractivity contribution < 1.29 is 14.3 Å². The van der Waals surface area contributed by atoms with Gasteiger partial charge in [-0.1, -0.05) is 71.9 Å². The highest BCUT2D eigenvalue weighted by Crippen LogP contribution is 2.39. The second kappa shape index (κ2) is 10.6. The van der Waals surface area contributed by atoms with Gasteiger partial charge in [0.25, 0.3) is 5.91 Å². The van der Waals surface area contributed by atoms with Crippen LogP contribution in [0.5, 0.6) is 5.75 Å². The number of methoxy groups -OCH3 is 1. The van der Waals surface area contributed by atoms with Gasteiger partial charge in [-0.15, -0.1) is 0 Å². The van der Waals surface area contributed by atoms with E-state index in [1.165, 1.54) is 11.8 Å². The zero-order chi connectivity index (χ0) is 25.9. The second-order valence-electron chi connectivity index (χ2n) is 9.16. The minimum Gasteiger partial charge on any atom is -0.497 e. The molecule has 3 aromatic rings. The SMILES string of the molecule is COc1ccc([C@H]2CC(c3ccccc3)=NN2C2=NC(=O)[C@H](CC(=O)Nc3ccc(C)cc3C)S2)cc1. The number of nitrogens with zero attached hydrogens (tertiary/aromatic N) is 3. The fraction of sp³-hybridized carbons (Fsp3) is 0.241. The number of anilines is 1. The molecule has 0 saturated carbocycles. The van der Waals surface area contributed by atoms with Crippen molar-refractivity contribution in [1.29, 1.82) is 0 Å². The van der Waals surface area contributed by atoms with Crippen molar-refractivity contribution in [2.45, 2.75) is 38.0 Å². The summed E-state index contributed by atoms with van der Waals surface area (Å²) in [5, 5.41) is 9.58. The molecule has 2 aliphatic rings. The number of amidine groups is 1. The van der Waals surface area contributed by atoms with Gasteiger partial charge >= 0.3 is 0 Å². The summed E-state index contributed by atoms with van der Waals surface area (Å²) in [4.78, 5) is 30.0. The van der Waals surface area contributed by atoms with Gasteiger partial charge in [0.15, 0.2) is 5.17 Å². The molecule has 37 heavy (non-hydrogen) atoms. The van der Waals surface area contributed by atoms with E-state index in [-0.39, 0.29) is 24.3 Å². The first kappa shape index (κ1) is 24.8. The van der Waals surface area contributed by atoms with E-state index in [4.69, 9.17) is 9.84 Å². The molecule has 0 saturated heterocycles. The number of hydrogen-bond acceptors (Lipinski definition) is 6. The molecule has 2 atom stereocenters. The second-order valence-corrected chi connectivity index (χ2v) is 10.3. The van der Waals surface area contributed by atoms with E-state index in [0.29, 0.717) is 11.6 Å². The maximum atomic E-state index is 12.8. The average Bonchev–Trinajstić information content (AvgIpc) is 3.50. The van der Waals surface area contributed by atoms with Crippen LogP contribution < -0.4 is 10.1 Å². The number of carbonyl (C=O) groups is 2. The van der Waals surface area contributed by atoms with Crippen molar-refractivity contribution in [3.05, 3.63) is 95.1 Å². The average molecular weight is 513 g/mol. The van der Waals surface area contributed by atoms with Crippen LogP contribution >= 0.6 is 11.8 Å². The van der Waals surface area contributed by atoms with Crippen LogP contribution in [0, 0.1) is 13.8 Å². The maximum Gasteiger partial charge on any atom is 0.262 e. The molecule has 3 aromatic carbocycles. The number of ether oxygens (including phenoxy) is 1. The first-order valence-electron chi connectivity index (χ1n) is 12.1. The molecule has 0 fully saturated rings. The lowest BCUT2D eigenvalue weighted by molar-refractivity contribution is -0.121. The first-order valence-corrected chi connectivity index (χ1v) is 13.0. The van der Waals surface area contributed by atoms with Gasteiger partial charge in [-0.3, -0.25) is 9.59 Å². The van der Waals surface area contributed by atoms with Gasteiger partial charge in [-0.25, -0.2) is 5.01 Å². The number of benzene rings is 3. The number of hydrazone groups is 1. The zero-order valence-corrected chi connectivity index (χ0v) is 21.8. The predicted octanol–water partition coefficient (Wildman–Crippen LogP) is 5.49. The minimum absolute atomic E-state index is 0.0418. The van der Waals surface area contributed by atoms with E-state index in [2.05, 4.69) is 10.3 Å². The molecule has 5 rings (SSSR count). The van der Waals surface area contributed by atoms with E-state index in [1.807, 2.05) is 91.7 Å². The number of aliphatic imine (C=N–C) groups is 1. The molecule has 1 N–H and O–H groups in total. The lowest BCUT2D eigenvalue weighted by Gasteiger charge is -2.23. The van der Waals surface area contributed by atoms with Gasteiger partial charge in [0.05, 0.1) is 18.9 Å². The van der Waals surface area contributed by atoms with Gasteiger partial charge in [0.1, 0.15) is 11.0 Å². The van der Waals surface area contributed by atoms with E-state index < -0.39 is 5.25 Å². The molecule has 0 spiro atoms. The standard InChI is InChI=1S/C29H28N4O3S/c1-18-9-14-23(19(2)15-18)30-27(34)17-26-28(35)31-29(37-26)33-25(21-10-12-22(36-3)13-11-21)16-24(32-33)20-7-5-4-6-8-20/h4-15,25-26H,16-17H2,1-3H3,(H,30,34)/t25-,26+/m1/s1. The van der Waals surface area contributed by atoms with Gasteiger partial charge in [0, 0.05) is 18.5 Å². The monoisotopic (exact) mass is 512 g/mol. The smallest absolute Gasteiger partial charge is 0.262 e. The summed E-state index contributed by atoms with van der Waals surface area (Å²) in [6, 6.07) is 23.6. The van der Waals surface area contributed by atoms with Crippen molar-refractivity contribution in [1.82, 2.24) is 5.01 Å². The Morgan fingerprint density at radius 2 is 1.84 bits per heavy atom. The Hall–Kier alpha value is -3.91. The quantitative estimate of drug-likeness (QED) is 0.472. The van der Waals surface area contributed by atoms with E-state index in [0.717, 1.165) is 39.4 Å². The third kappa shape index (κ3) is 5.44. The molecule has 8 heteroatoms. The van der Waals surface area contributed by atoms with Crippen LogP contribution in [0.1, 0.15) is 41.1 Å². The van der Waals surface area contributed by atoms with E-state index in [9.17, 15) is 9.59 Å². The van der Waals surface area contributed by atoms with Crippen LogP contribution in [0.4, 0.5) is 5.69 Å². The zero-order valence-electron chi connectivity index (χ0n) is 21.0. The number of nitrogens with one attached hydrogen (secondary N) is 1. The lowest BCUT2D eigenvalue weighted by atomic mass is 9.98. The molecule has 188 valence electrons. The number of thioether (sulfide) groups is 1. The van der Waals surface area contributed by atoms with E-state index in [1.54, 1.807) is 7.11 Å². The topological polar surface area (TPSA) is 83.4 Å². The van der Waals surface area contributed by atoms with Gasteiger partial charge in [-0.2, -0.15) is 10.1 Å². The summed E-state index contributed by atoms with van der Waals surface area (Å²) < 4.78 is 5.32. The van der Waals surface area contributed by atoms with Crippen molar-refractivity contribution in [2.24, 2.45) is 10.1 Å². The summed E-state index contributed by atoms with van der Waals surface area (Å²) in [7, 11) is 1.64. The Kier molecular flexibility index (Phi) is 7.10. The van der Waals surface area contributed by atoms with Crippen LogP contribution in [0.15, 0.2) is 82.9 Å². The van der Waals surface area contributed by atoms with Crippen LogP contribution in [0.2, 0.25) is 0 Å². The largest absolute Gasteiger partial charge is 0.497 e. The van der Waals surface area contributed by atoms with Crippen LogP contribution in [0.3, 0.4) is 0 Å². The Balaban J connectivity index is 1.34. The molecule has 0 unspecified atom stereocenters. The Labute approximate surface area is 220 Å². The number of rotatable bonds is 6. The van der Waals surface area contributed by atoms with Crippen molar-refractivity contribution in [2.75, 3.05) is 12.4 Å². The molecule has 2 heterocycles. The number of amides is 2. The van der Waals surface area contributed by atoms with Crippen molar-refractivity contribution in [3.63, 3.8) is 0 Å². The lowest BCUT2D eigenvalue weighted by Crippen LogP contribution is -2.25. The third-order valence-electron chi connectivity index (χ3n) is 6.47. The molecular formula is C29H28N4O3S. The Morgan fingerprint density at radius 1 is 1.08 bits per heavy atom. The van der Waals surface area contributed by atoms with Gasteiger partial charge in [0.2, 0.25) is 5.91 Å². The summed E-state index contributed by atoms with van der Waals surface area (Å²) in [5.74, 6) is 0.249. The van der Waals surface area contributed by atoms with Crippen LogP contribution in [-0.4, -0.2) is 40.1 Å². The molecule has 2 amide bonds. The summed E-state index contributed by atoms with van der Waals surface area (Å²) >= 11 is 1.30. The third-order valence-corrected chi connectivity index (χ3v) is 7.61. The first-order chi connectivity index (χ1) is 17.9. The molecule has 0 radical (unpaired) electrons. The number of aryl methyl sites for hydroxylation is 2. The Bertz CT molecular complexity index is 1390. The summed E-state index contributed by atoms with van der Waals surface area (Å²) in [5.41, 5.74) is 5.86. The fourth-order valence-electron chi connectivity index (χ4n) is 4.51. The predicted molar refractivity (Wildman–Crippen MR) is 148 cm³/mol. The molecular weight excluding hydrogens is 484 g/mol. The van der Waals surface area contributed by atoms with Crippen LogP contribution in [-0.2, 0) is 9.59 Å². The molecule has 0 aromatic heterocycles. The van der Waals surface area contributed by atoms with E-state index >= 15 is 0 Å². The van der Waals surface area contributed by atoms with Gasteiger partial charge in [-0.05, 0) is 48.7 Å². The number of hydrogen-bond donors (Lipinski definition) is 1. The summed E-state index contributed by atoms with van der Waals surface area (Å²) in [6.45, 7) is 3.96. The highest BCUT2D eigenvalue weighted by atomic mass is 32.2.